The lowest BCUT2D eigenvalue weighted by molar-refractivity contribution is 0.961. The molecule has 0 amide bonds. The van der Waals surface area contributed by atoms with Crippen LogP contribution in [0.2, 0.25) is 10.3 Å². The van der Waals surface area contributed by atoms with E-state index < -0.39 is 0 Å². The summed E-state index contributed by atoms with van der Waals surface area (Å²) in [6, 6.07) is 5.60. The minimum absolute atomic E-state index is 0.359. The Labute approximate surface area is 97.7 Å². The second-order valence-corrected chi connectivity index (χ2v) is 4.06. The van der Waals surface area contributed by atoms with Gasteiger partial charge in [-0.15, -0.1) is 10.2 Å². The molecule has 0 aliphatic carbocycles. The first-order chi connectivity index (χ1) is 7.09. The molecule has 2 aromatic rings. The zero-order valence-electron chi connectivity index (χ0n) is 8.33. The lowest BCUT2D eigenvalue weighted by atomic mass is 10.2. The molecule has 1 aromatic heterocycles. The summed E-state index contributed by atoms with van der Waals surface area (Å²) in [5, 5.41) is 8.77. The van der Waals surface area contributed by atoms with Crippen molar-refractivity contribution in [3.05, 3.63) is 39.9 Å². The third kappa shape index (κ3) is 1.85. The van der Waals surface area contributed by atoms with E-state index in [2.05, 4.69) is 10.2 Å². The van der Waals surface area contributed by atoms with E-state index in [1.807, 2.05) is 32.0 Å². The molecule has 15 heavy (non-hydrogen) atoms. The van der Waals surface area contributed by atoms with Crippen LogP contribution in [0.25, 0.3) is 5.69 Å². The van der Waals surface area contributed by atoms with Gasteiger partial charge in [-0.25, -0.2) is 0 Å². The average molecular weight is 242 g/mol. The zero-order chi connectivity index (χ0) is 11.0. The van der Waals surface area contributed by atoms with Gasteiger partial charge in [-0.05, 0) is 49.2 Å². The van der Waals surface area contributed by atoms with Crippen LogP contribution < -0.4 is 0 Å². The van der Waals surface area contributed by atoms with Gasteiger partial charge in [-0.2, -0.15) is 0 Å². The van der Waals surface area contributed by atoms with Crippen LogP contribution in [0.15, 0.2) is 18.2 Å². The highest BCUT2D eigenvalue weighted by Crippen LogP contribution is 2.22. The van der Waals surface area contributed by atoms with Crippen molar-refractivity contribution in [1.29, 1.82) is 0 Å². The maximum atomic E-state index is 5.95. The SMILES string of the molecule is Cc1cc(Cl)ccc1-n1c(C)nnc1Cl. The van der Waals surface area contributed by atoms with Gasteiger partial charge in [0.2, 0.25) is 5.28 Å². The molecule has 2 rings (SSSR count). The summed E-state index contributed by atoms with van der Waals surface area (Å²) in [7, 11) is 0. The van der Waals surface area contributed by atoms with Crippen molar-refractivity contribution in [2.45, 2.75) is 13.8 Å². The average Bonchev–Trinajstić information content (AvgIpc) is 2.48. The fourth-order valence-corrected chi connectivity index (χ4v) is 1.96. The molecule has 3 nitrogen and oxygen atoms in total. The van der Waals surface area contributed by atoms with Crippen molar-refractivity contribution in [2.75, 3.05) is 0 Å². The number of benzene rings is 1. The molecule has 0 aliphatic heterocycles. The molecule has 1 aromatic carbocycles. The summed E-state index contributed by atoms with van der Waals surface area (Å²) in [6.07, 6.45) is 0. The lowest BCUT2D eigenvalue weighted by Gasteiger charge is -2.08. The fraction of sp³-hybridized carbons (Fsp3) is 0.200. The number of nitrogens with zero attached hydrogens (tertiary/aromatic N) is 3. The summed E-state index contributed by atoms with van der Waals surface area (Å²) in [5.74, 6) is 0.755. The Kier molecular flexibility index (Phi) is 2.67. The van der Waals surface area contributed by atoms with E-state index >= 15 is 0 Å². The van der Waals surface area contributed by atoms with Crippen molar-refractivity contribution in [3.63, 3.8) is 0 Å². The van der Waals surface area contributed by atoms with E-state index in [1.54, 1.807) is 4.57 Å². The van der Waals surface area contributed by atoms with Gasteiger partial charge in [0, 0.05) is 5.02 Å². The van der Waals surface area contributed by atoms with Crippen LogP contribution in [0, 0.1) is 13.8 Å². The van der Waals surface area contributed by atoms with Gasteiger partial charge in [0.15, 0.2) is 0 Å². The Morgan fingerprint density at radius 1 is 1.13 bits per heavy atom. The first-order valence-electron chi connectivity index (χ1n) is 4.43. The Morgan fingerprint density at radius 2 is 1.87 bits per heavy atom. The smallest absolute Gasteiger partial charge is 0.229 e. The molecule has 0 N–H and O–H groups in total. The van der Waals surface area contributed by atoms with Crippen LogP contribution in [0.3, 0.4) is 0 Å². The normalized spacial score (nSPS) is 10.7. The maximum Gasteiger partial charge on any atom is 0.229 e. The van der Waals surface area contributed by atoms with Gasteiger partial charge in [-0.1, -0.05) is 11.6 Å². The number of hydrogen-bond donors (Lipinski definition) is 0. The van der Waals surface area contributed by atoms with Crippen molar-refractivity contribution in [3.8, 4) is 5.69 Å². The monoisotopic (exact) mass is 241 g/mol. The Balaban J connectivity index is 2.64. The molecule has 0 spiro atoms. The molecule has 0 saturated carbocycles. The van der Waals surface area contributed by atoms with E-state index in [0.717, 1.165) is 17.1 Å². The highest BCUT2D eigenvalue weighted by molar-refractivity contribution is 6.30. The molecule has 0 atom stereocenters. The van der Waals surface area contributed by atoms with E-state index in [9.17, 15) is 0 Å². The van der Waals surface area contributed by atoms with E-state index in [4.69, 9.17) is 23.2 Å². The van der Waals surface area contributed by atoms with Crippen LogP contribution in [0.5, 0.6) is 0 Å². The van der Waals surface area contributed by atoms with Gasteiger partial charge in [0.05, 0.1) is 5.69 Å². The number of rotatable bonds is 1. The van der Waals surface area contributed by atoms with Crippen LogP contribution in [0.1, 0.15) is 11.4 Å². The molecule has 0 radical (unpaired) electrons. The van der Waals surface area contributed by atoms with Gasteiger partial charge in [0.25, 0.3) is 0 Å². The number of halogens is 2. The molecule has 5 heteroatoms. The van der Waals surface area contributed by atoms with Crippen molar-refractivity contribution < 1.29 is 0 Å². The second-order valence-electron chi connectivity index (χ2n) is 3.28. The van der Waals surface area contributed by atoms with Crippen molar-refractivity contribution >= 4 is 23.2 Å². The summed E-state index contributed by atoms with van der Waals surface area (Å²) in [5.41, 5.74) is 1.99. The lowest BCUT2D eigenvalue weighted by Crippen LogP contribution is -1.99. The summed E-state index contributed by atoms with van der Waals surface area (Å²) < 4.78 is 1.78. The van der Waals surface area contributed by atoms with Crippen LogP contribution in [0.4, 0.5) is 0 Å². The third-order valence-corrected chi connectivity index (χ3v) is 2.66. The molecule has 0 bridgehead atoms. The molecule has 1 heterocycles. The Hall–Kier alpha value is -1.06. The van der Waals surface area contributed by atoms with Gasteiger partial charge >= 0.3 is 0 Å². The molecular weight excluding hydrogens is 233 g/mol. The molecule has 0 fully saturated rings. The minimum Gasteiger partial charge on any atom is -0.270 e. The summed E-state index contributed by atoms with van der Waals surface area (Å²) in [6.45, 7) is 3.82. The highest BCUT2D eigenvalue weighted by Gasteiger charge is 2.10. The first kappa shape index (κ1) is 10.5. The predicted octanol–water partition coefficient (Wildman–Crippen LogP) is 3.19. The summed E-state index contributed by atoms with van der Waals surface area (Å²) in [4.78, 5) is 0. The number of aromatic nitrogens is 3. The number of aryl methyl sites for hydroxylation is 2. The topological polar surface area (TPSA) is 30.7 Å². The van der Waals surface area contributed by atoms with Crippen LogP contribution in [-0.2, 0) is 0 Å². The fourth-order valence-electron chi connectivity index (χ4n) is 1.48. The third-order valence-electron chi connectivity index (χ3n) is 2.19. The van der Waals surface area contributed by atoms with Crippen LogP contribution in [-0.4, -0.2) is 14.8 Å². The van der Waals surface area contributed by atoms with E-state index in [0.29, 0.717) is 10.3 Å². The van der Waals surface area contributed by atoms with Gasteiger partial charge in [-0.3, -0.25) is 4.57 Å². The molecule has 0 unspecified atom stereocenters. The molecular formula is C10H9Cl2N3. The molecule has 0 saturated heterocycles. The maximum absolute atomic E-state index is 5.95. The van der Waals surface area contributed by atoms with Crippen molar-refractivity contribution in [1.82, 2.24) is 14.8 Å². The zero-order valence-corrected chi connectivity index (χ0v) is 9.84. The van der Waals surface area contributed by atoms with Gasteiger partial charge in [0.1, 0.15) is 5.82 Å². The Morgan fingerprint density at radius 3 is 2.40 bits per heavy atom. The molecule has 78 valence electrons. The highest BCUT2D eigenvalue weighted by atomic mass is 35.5. The van der Waals surface area contributed by atoms with E-state index in [1.165, 1.54) is 0 Å². The standard InChI is InChI=1S/C10H9Cl2N3/c1-6-5-8(11)3-4-9(6)15-7(2)13-14-10(15)12/h3-5H,1-2H3. The quantitative estimate of drug-likeness (QED) is 0.768. The molecule has 0 aliphatic rings. The Bertz CT molecular complexity index is 486. The van der Waals surface area contributed by atoms with E-state index in [-0.39, 0.29) is 0 Å². The van der Waals surface area contributed by atoms with Gasteiger partial charge < -0.3 is 0 Å². The van der Waals surface area contributed by atoms with Crippen LogP contribution >= 0.6 is 23.2 Å². The summed E-state index contributed by atoms with van der Waals surface area (Å²) >= 11 is 11.8. The second kappa shape index (κ2) is 3.83. The minimum atomic E-state index is 0.359. The number of hydrogen-bond acceptors (Lipinski definition) is 2. The first-order valence-corrected chi connectivity index (χ1v) is 5.19. The van der Waals surface area contributed by atoms with Crippen molar-refractivity contribution in [2.24, 2.45) is 0 Å². The predicted molar refractivity (Wildman–Crippen MR) is 60.9 cm³/mol. The largest absolute Gasteiger partial charge is 0.270 e.